The number of hydrogen-bond acceptors (Lipinski definition) is 10. The van der Waals surface area contributed by atoms with Gasteiger partial charge in [0.05, 0.1) is 48.5 Å². The summed E-state index contributed by atoms with van der Waals surface area (Å²) in [6.07, 6.45) is 8.72. The van der Waals surface area contributed by atoms with E-state index in [1.165, 1.54) is 0 Å². The Morgan fingerprint density at radius 1 is 1.13 bits per heavy atom. The van der Waals surface area contributed by atoms with Gasteiger partial charge in [-0.3, -0.25) is 15.0 Å². The van der Waals surface area contributed by atoms with Crippen molar-refractivity contribution in [1.82, 2.24) is 35.4 Å². The van der Waals surface area contributed by atoms with E-state index in [4.69, 9.17) is 40.8 Å². The van der Waals surface area contributed by atoms with Crippen LogP contribution in [0.5, 0.6) is 6.01 Å². The number of carbonyl (C=O) groups excluding carboxylic acids is 1. The lowest BCUT2D eigenvalue weighted by Gasteiger charge is -2.31. The molecule has 10 rings (SSSR count). The third kappa shape index (κ3) is 5.05. The number of carbonyl (C=O) groups is 1. The standard InChI is InChI=1S/C33H36ClFN8O4/c34-23-12-24-21(14-37-41-24)26-25(23)20-11-18(20)3-9-46-32(44)38-19-15-42(8-10-45-16-19)30-22-13-36-29(26)27(35)28(22)39-31(40-30)47-17-33-4-1-6-43(33)7-2-5-33/h12-14,18-20H,1-11,15-17H2,(H,37,41)(H,38,44). The Hall–Kier alpha value is -3.81. The van der Waals surface area contributed by atoms with Crippen LogP contribution in [0, 0.1) is 11.7 Å². The van der Waals surface area contributed by atoms with Gasteiger partial charge in [-0.15, -0.1) is 0 Å². The van der Waals surface area contributed by atoms with Gasteiger partial charge >= 0.3 is 12.1 Å². The molecule has 4 aromatic rings. The van der Waals surface area contributed by atoms with E-state index in [2.05, 4.69) is 20.4 Å². The Morgan fingerprint density at radius 3 is 2.87 bits per heavy atom. The quantitative estimate of drug-likeness (QED) is 0.315. The Morgan fingerprint density at radius 2 is 2.00 bits per heavy atom. The van der Waals surface area contributed by atoms with Crippen molar-refractivity contribution in [3.05, 3.63) is 34.9 Å². The molecule has 6 bridgehead atoms. The van der Waals surface area contributed by atoms with E-state index in [1.54, 1.807) is 12.4 Å². The fraction of sp³-hybridized carbons (Fsp3) is 0.545. The van der Waals surface area contributed by atoms with E-state index in [-0.39, 0.29) is 47.2 Å². The average Bonchev–Trinajstić information content (AvgIpc) is 3.32. The average molecular weight is 663 g/mol. The lowest BCUT2D eigenvalue weighted by Crippen LogP contribution is -2.45. The molecule has 5 aliphatic heterocycles. The van der Waals surface area contributed by atoms with Gasteiger partial charge in [-0.25, -0.2) is 9.18 Å². The fourth-order valence-electron chi connectivity index (χ4n) is 8.37. The summed E-state index contributed by atoms with van der Waals surface area (Å²) in [5, 5.41) is 11.9. The van der Waals surface area contributed by atoms with Crippen LogP contribution >= 0.6 is 11.6 Å². The monoisotopic (exact) mass is 662 g/mol. The van der Waals surface area contributed by atoms with Gasteiger partial charge < -0.3 is 24.4 Å². The molecule has 47 heavy (non-hydrogen) atoms. The number of H-pyrrole nitrogens is 1. The van der Waals surface area contributed by atoms with Gasteiger partial charge in [-0.05, 0) is 75.1 Å². The molecule has 12 nitrogen and oxygen atoms in total. The fourth-order valence-corrected chi connectivity index (χ4v) is 8.72. The summed E-state index contributed by atoms with van der Waals surface area (Å²) >= 11 is 6.94. The number of rotatable bonds is 3. The number of alkyl carbamates (subject to hydrolysis) is 1. The molecule has 4 fully saturated rings. The number of pyridine rings is 1. The van der Waals surface area contributed by atoms with Crippen LogP contribution in [-0.2, 0) is 9.47 Å². The number of ether oxygens (including phenoxy) is 3. The van der Waals surface area contributed by atoms with Gasteiger partial charge in [0.15, 0.2) is 5.82 Å². The topological polar surface area (TPSA) is 131 Å². The van der Waals surface area contributed by atoms with Crippen molar-refractivity contribution in [2.24, 2.45) is 5.92 Å². The van der Waals surface area contributed by atoms with Gasteiger partial charge in [-0.2, -0.15) is 15.1 Å². The molecule has 3 atom stereocenters. The third-order valence-corrected chi connectivity index (χ3v) is 11.1. The molecule has 1 aromatic carbocycles. The zero-order chi connectivity index (χ0) is 31.7. The molecule has 0 radical (unpaired) electrons. The lowest BCUT2D eigenvalue weighted by atomic mass is 9.94. The molecule has 0 spiro atoms. The van der Waals surface area contributed by atoms with Crippen LogP contribution in [0.2, 0.25) is 5.02 Å². The minimum absolute atomic E-state index is 0.0398. The van der Waals surface area contributed by atoms with Crippen molar-refractivity contribution >= 4 is 45.3 Å². The predicted octanol–water partition coefficient (Wildman–Crippen LogP) is 4.81. The van der Waals surface area contributed by atoms with E-state index in [0.717, 1.165) is 56.1 Å². The van der Waals surface area contributed by atoms with Gasteiger partial charge in [0.1, 0.15) is 23.6 Å². The Kier molecular flexibility index (Phi) is 7.13. The van der Waals surface area contributed by atoms with Crippen LogP contribution in [0.25, 0.3) is 33.1 Å². The zero-order valence-electron chi connectivity index (χ0n) is 25.9. The molecular weight excluding hydrogens is 627 g/mol. The highest BCUT2D eigenvalue weighted by molar-refractivity contribution is 6.33. The Bertz CT molecular complexity index is 1880. The number of amides is 1. The summed E-state index contributed by atoms with van der Waals surface area (Å²) < 4.78 is 35.1. The normalized spacial score (nSPS) is 25.6. The second-order valence-electron chi connectivity index (χ2n) is 13.6. The summed E-state index contributed by atoms with van der Waals surface area (Å²) in [5.41, 5.74) is 2.36. The summed E-state index contributed by atoms with van der Waals surface area (Å²) in [4.78, 5) is 31.7. The number of halogens is 2. The van der Waals surface area contributed by atoms with Crippen molar-refractivity contribution < 1.29 is 23.4 Å². The van der Waals surface area contributed by atoms with E-state index >= 15 is 4.39 Å². The first kappa shape index (κ1) is 29.3. The number of nitrogens with zero attached hydrogens (tertiary/aromatic N) is 6. The van der Waals surface area contributed by atoms with Crippen LogP contribution in [0.1, 0.15) is 50.0 Å². The van der Waals surface area contributed by atoms with Crippen molar-refractivity contribution in [2.75, 3.05) is 57.5 Å². The van der Waals surface area contributed by atoms with Crippen LogP contribution in [0.3, 0.4) is 0 Å². The summed E-state index contributed by atoms with van der Waals surface area (Å²) in [5.74, 6) is 0.188. The number of benzene rings is 1. The molecule has 8 heterocycles. The number of aromatic amines is 1. The smallest absolute Gasteiger partial charge is 0.407 e. The Labute approximate surface area is 275 Å². The van der Waals surface area contributed by atoms with Gasteiger partial charge in [0.25, 0.3) is 0 Å². The molecule has 2 N–H and O–H groups in total. The van der Waals surface area contributed by atoms with Crippen LogP contribution < -0.4 is 15.0 Å². The maximum Gasteiger partial charge on any atom is 0.407 e. The molecule has 1 aliphatic carbocycles. The van der Waals surface area contributed by atoms with Crippen molar-refractivity contribution in [2.45, 2.75) is 56.0 Å². The highest BCUT2D eigenvalue weighted by Crippen LogP contribution is 2.55. The minimum Gasteiger partial charge on any atom is -0.461 e. The van der Waals surface area contributed by atoms with Crippen LogP contribution in [0.4, 0.5) is 15.0 Å². The molecule has 246 valence electrons. The molecule has 3 aromatic heterocycles. The van der Waals surface area contributed by atoms with Gasteiger partial charge in [-0.1, -0.05) is 11.6 Å². The maximum atomic E-state index is 17.2. The molecule has 14 heteroatoms. The van der Waals surface area contributed by atoms with Gasteiger partial charge in [0.2, 0.25) is 0 Å². The number of aromatic nitrogens is 5. The Balaban J connectivity index is 1.22. The summed E-state index contributed by atoms with van der Waals surface area (Å²) in [6, 6.07) is 1.58. The van der Waals surface area contributed by atoms with E-state index in [1.807, 2.05) is 11.0 Å². The second-order valence-corrected chi connectivity index (χ2v) is 14.0. The van der Waals surface area contributed by atoms with E-state index in [0.29, 0.717) is 66.6 Å². The third-order valence-electron chi connectivity index (χ3n) is 10.8. The van der Waals surface area contributed by atoms with E-state index < -0.39 is 11.9 Å². The van der Waals surface area contributed by atoms with Crippen molar-refractivity contribution in [1.29, 1.82) is 0 Å². The van der Waals surface area contributed by atoms with Crippen molar-refractivity contribution in [3.8, 4) is 17.3 Å². The molecule has 6 aliphatic rings. The second kappa shape index (κ2) is 11.4. The minimum atomic E-state index is -0.565. The summed E-state index contributed by atoms with van der Waals surface area (Å²) in [6.45, 7) is 4.38. The summed E-state index contributed by atoms with van der Waals surface area (Å²) in [7, 11) is 0. The zero-order valence-corrected chi connectivity index (χ0v) is 26.7. The van der Waals surface area contributed by atoms with Gasteiger partial charge in [0, 0.05) is 35.3 Å². The lowest BCUT2D eigenvalue weighted by molar-refractivity contribution is 0.108. The molecular formula is C33H36ClFN8O4. The molecule has 3 saturated heterocycles. The van der Waals surface area contributed by atoms with E-state index in [9.17, 15) is 4.79 Å². The first-order valence-electron chi connectivity index (χ1n) is 16.6. The van der Waals surface area contributed by atoms with Crippen LogP contribution in [0.15, 0.2) is 18.5 Å². The number of fused-ring (bicyclic) bond motifs is 7. The first-order valence-corrected chi connectivity index (χ1v) is 17.0. The SMILES string of the molecule is O=C1NC2COCCN(C2)c2nc(OCC34CCCN3CCC4)nc3c(F)c(ncc23)-c2c(c(Cl)cc3[nH]ncc23)C2CC2CCO1. The highest BCUT2D eigenvalue weighted by atomic mass is 35.5. The number of anilines is 1. The first-order chi connectivity index (χ1) is 23.0. The van der Waals surface area contributed by atoms with Crippen molar-refractivity contribution in [3.63, 3.8) is 0 Å². The van der Waals surface area contributed by atoms with Crippen LogP contribution in [-0.4, -0.2) is 100 Å². The maximum absolute atomic E-state index is 17.2. The number of nitrogens with one attached hydrogen (secondary N) is 2. The molecule has 1 saturated carbocycles. The highest BCUT2D eigenvalue weighted by Gasteiger charge is 2.45. The molecule has 1 amide bonds. The number of hydrogen-bond donors (Lipinski definition) is 2. The predicted molar refractivity (Wildman–Crippen MR) is 172 cm³/mol. The molecule has 3 unspecified atom stereocenters. The largest absolute Gasteiger partial charge is 0.461 e.